The van der Waals surface area contributed by atoms with Gasteiger partial charge >= 0.3 is 5.97 Å². The van der Waals surface area contributed by atoms with Crippen LogP contribution in [0.5, 0.6) is 0 Å². The predicted molar refractivity (Wildman–Crippen MR) is 49.8 cm³/mol. The van der Waals surface area contributed by atoms with Gasteiger partial charge in [-0.15, -0.1) is 0 Å². The van der Waals surface area contributed by atoms with Crippen molar-refractivity contribution < 1.29 is 13.9 Å². The second kappa shape index (κ2) is 3.30. The maximum absolute atomic E-state index is 13.3. The monoisotopic (exact) mass is 209 g/mol. The Balaban J connectivity index is 2.76. The first-order valence-corrected chi connectivity index (χ1v) is 4.19. The van der Waals surface area contributed by atoms with E-state index >= 15 is 0 Å². The summed E-state index contributed by atoms with van der Waals surface area (Å²) in [6.45, 7) is 0. The van der Waals surface area contributed by atoms with E-state index in [2.05, 4.69) is 14.8 Å². The molecule has 2 heterocycles. The van der Waals surface area contributed by atoms with Gasteiger partial charge in [-0.3, -0.25) is 4.68 Å². The van der Waals surface area contributed by atoms with Crippen LogP contribution >= 0.6 is 0 Å². The number of aromatic nitrogens is 3. The van der Waals surface area contributed by atoms with Crippen molar-refractivity contribution in [3.05, 3.63) is 23.9 Å². The zero-order chi connectivity index (χ0) is 11.0. The summed E-state index contributed by atoms with van der Waals surface area (Å²) in [5.74, 6) is -1.16. The number of carbonyl (C=O) groups excluding carboxylic acids is 1. The first kappa shape index (κ1) is 9.57. The summed E-state index contributed by atoms with van der Waals surface area (Å²) >= 11 is 0. The number of pyridine rings is 1. The van der Waals surface area contributed by atoms with Crippen LogP contribution in [0.2, 0.25) is 0 Å². The Morgan fingerprint density at radius 2 is 2.33 bits per heavy atom. The first-order chi connectivity index (χ1) is 7.13. The molecule has 2 aromatic rings. The number of methoxy groups -OCH3 is 1. The molecule has 0 aliphatic carbocycles. The lowest BCUT2D eigenvalue weighted by Crippen LogP contribution is -2.05. The van der Waals surface area contributed by atoms with E-state index in [4.69, 9.17) is 0 Å². The minimum atomic E-state index is -0.604. The lowest BCUT2D eigenvalue weighted by atomic mass is 10.2. The van der Waals surface area contributed by atoms with Crippen molar-refractivity contribution in [2.45, 2.75) is 0 Å². The summed E-state index contributed by atoms with van der Waals surface area (Å²) in [4.78, 5) is 15.0. The Labute approximate surface area is 84.5 Å². The van der Waals surface area contributed by atoms with Gasteiger partial charge in [-0.25, -0.2) is 14.2 Å². The van der Waals surface area contributed by atoms with Gasteiger partial charge in [0.15, 0.2) is 11.5 Å². The van der Waals surface area contributed by atoms with E-state index in [0.717, 1.165) is 6.20 Å². The van der Waals surface area contributed by atoms with E-state index in [1.807, 2.05) is 0 Å². The van der Waals surface area contributed by atoms with E-state index in [0.29, 0.717) is 5.39 Å². The highest BCUT2D eigenvalue weighted by Gasteiger charge is 2.16. The van der Waals surface area contributed by atoms with Gasteiger partial charge in [0.1, 0.15) is 5.52 Å². The van der Waals surface area contributed by atoms with E-state index in [9.17, 15) is 9.18 Å². The number of aryl methyl sites for hydroxylation is 1. The number of ether oxygens (including phenoxy) is 1. The van der Waals surface area contributed by atoms with Crippen LogP contribution in [0.15, 0.2) is 12.4 Å². The zero-order valence-corrected chi connectivity index (χ0v) is 8.19. The Kier molecular flexibility index (Phi) is 2.11. The molecule has 0 saturated heterocycles. The molecule has 0 fully saturated rings. The second-order valence-electron chi connectivity index (χ2n) is 3.01. The maximum Gasteiger partial charge on any atom is 0.357 e. The van der Waals surface area contributed by atoms with Crippen molar-refractivity contribution in [1.29, 1.82) is 0 Å². The maximum atomic E-state index is 13.3. The Morgan fingerprint density at radius 1 is 1.60 bits per heavy atom. The predicted octanol–water partition coefficient (Wildman–Crippen LogP) is 0.894. The van der Waals surface area contributed by atoms with Crippen LogP contribution in [0.4, 0.5) is 4.39 Å². The molecule has 0 aromatic carbocycles. The van der Waals surface area contributed by atoms with Gasteiger partial charge in [-0.1, -0.05) is 0 Å². The number of nitrogens with zero attached hydrogens (tertiary/aromatic N) is 3. The highest BCUT2D eigenvalue weighted by atomic mass is 19.1. The van der Waals surface area contributed by atoms with E-state index in [-0.39, 0.29) is 11.2 Å². The van der Waals surface area contributed by atoms with Gasteiger partial charge in [-0.2, -0.15) is 5.10 Å². The van der Waals surface area contributed by atoms with Crippen molar-refractivity contribution in [3.63, 3.8) is 0 Å². The quantitative estimate of drug-likeness (QED) is 0.654. The summed E-state index contributed by atoms with van der Waals surface area (Å²) in [6, 6.07) is 0. The number of hydrogen-bond donors (Lipinski definition) is 0. The van der Waals surface area contributed by atoms with Crippen LogP contribution in [-0.2, 0) is 11.8 Å². The lowest BCUT2D eigenvalue weighted by Gasteiger charge is -1.98. The highest BCUT2D eigenvalue weighted by molar-refractivity contribution is 6.01. The number of hydrogen-bond acceptors (Lipinski definition) is 4. The van der Waals surface area contributed by atoms with Crippen molar-refractivity contribution in [1.82, 2.24) is 14.8 Å². The SMILES string of the molecule is COC(=O)c1ncc(F)c2nn(C)cc12. The third-order valence-corrected chi connectivity index (χ3v) is 2.00. The Morgan fingerprint density at radius 3 is 3.00 bits per heavy atom. The van der Waals surface area contributed by atoms with E-state index < -0.39 is 11.8 Å². The molecule has 0 aliphatic heterocycles. The Hall–Kier alpha value is -1.98. The van der Waals surface area contributed by atoms with Crippen molar-refractivity contribution in [2.24, 2.45) is 7.05 Å². The number of halogens is 1. The summed E-state index contributed by atoms with van der Waals surface area (Å²) in [6.07, 6.45) is 2.49. The fraction of sp³-hybridized carbons (Fsp3) is 0.222. The van der Waals surface area contributed by atoms with Gasteiger partial charge in [0.25, 0.3) is 0 Å². The van der Waals surface area contributed by atoms with Crippen molar-refractivity contribution in [2.75, 3.05) is 7.11 Å². The molecule has 2 rings (SSSR count). The molecule has 0 bridgehead atoms. The zero-order valence-electron chi connectivity index (χ0n) is 8.19. The molecule has 0 spiro atoms. The number of rotatable bonds is 1. The van der Waals surface area contributed by atoms with Crippen LogP contribution in [0.25, 0.3) is 10.9 Å². The fourth-order valence-corrected chi connectivity index (χ4v) is 1.35. The van der Waals surface area contributed by atoms with Crippen LogP contribution in [0.3, 0.4) is 0 Å². The smallest absolute Gasteiger partial charge is 0.357 e. The van der Waals surface area contributed by atoms with Crippen LogP contribution < -0.4 is 0 Å². The third-order valence-electron chi connectivity index (χ3n) is 2.00. The van der Waals surface area contributed by atoms with Gasteiger partial charge in [-0.05, 0) is 0 Å². The van der Waals surface area contributed by atoms with Crippen molar-refractivity contribution in [3.8, 4) is 0 Å². The molecule has 15 heavy (non-hydrogen) atoms. The molecular formula is C9H8FN3O2. The minimum Gasteiger partial charge on any atom is -0.464 e. The van der Waals surface area contributed by atoms with E-state index in [1.54, 1.807) is 7.05 Å². The molecule has 2 aromatic heterocycles. The number of fused-ring (bicyclic) bond motifs is 1. The molecular weight excluding hydrogens is 201 g/mol. The molecule has 0 aliphatic rings. The topological polar surface area (TPSA) is 57.0 Å². The molecule has 0 amide bonds. The number of esters is 1. The van der Waals surface area contributed by atoms with Crippen molar-refractivity contribution >= 4 is 16.9 Å². The molecule has 78 valence electrons. The summed E-state index contributed by atoms with van der Waals surface area (Å²) in [5.41, 5.74) is 0.190. The average molecular weight is 209 g/mol. The largest absolute Gasteiger partial charge is 0.464 e. The molecule has 0 saturated carbocycles. The molecule has 0 atom stereocenters. The van der Waals surface area contributed by atoms with E-state index in [1.165, 1.54) is 18.0 Å². The normalized spacial score (nSPS) is 10.6. The number of carbonyl (C=O) groups is 1. The van der Waals surface area contributed by atoms with Crippen LogP contribution in [-0.4, -0.2) is 27.8 Å². The van der Waals surface area contributed by atoms with Crippen LogP contribution in [0.1, 0.15) is 10.5 Å². The lowest BCUT2D eigenvalue weighted by molar-refractivity contribution is 0.0596. The molecule has 6 heteroatoms. The summed E-state index contributed by atoms with van der Waals surface area (Å²) in [5, 5.41) is 4.24. The second-order valence-corrected chi connectivity index (χ2v) is 3.01. The first-order valence-electron chi connectivity index (χ1n) is 4.19. The average Bonchev–Trinajstić information content (AvgIpc) is 2.60. The molecule has 0 unspecified atom stereocenters. The van der Waals surface area contributed by atoms with Gasteiger partial charge < -0.3 is 4.74 Å². The highest BCUT2D eigenvalue weighted by Crippen LogP contribution is 2.18. The third kappa shape index (κ3) is 1.43. The van der Waals surface area contributed by atoms with Gasteiger partial charge in [0.2, 0.25) is 0 Å². The minimum absolute atomic E-state index is 0.0713. The van der Waals surface area contributed by atoms with Gasteiger partial charge in [0.05, 0.1) is 18.7 Å². The molecule has 0 radical (unpaired) electrons. The Bertz CT molecular complexity index is 535. The summed E-state index contributed by atoms with van der Waals surface area (Å²) in [7, 11) is 2.88. The molecule has 5 nitrogen and oxygen atoms in total. The summed E-state index contributed by atoms with van der Waals surface area (Å²) < 4.78 is 19.2. The fourth-order valence-electron chi connectivity index (χ4n) is 1.35. The standard InChI is InChI=1S/C9H8FN3O2/c1-13-4-5-7(12-13)6(10)3-11-8(5)9(14)15-2/h3-4H,1-2H3. The van der Waals surface area contributed by atoms with Gasteiger partial charge in [0, 0.05) is 13.2 Å². The van der Waals surface area contributed by atoms with Crippen LogP contribution in [0, 0.1) is 5.82 Å². The molecule has 0 N–H and O–H groups in total.